The van der Waals surface area contributed by atoms with Crippen molar-refractivity contribution < 1.29 is 4.39 Å². The predicted molar refractivity (Wildman–Crippen MR) is 82.9 cm³/mol. The molecule has 0 aliphatic heterocycles. The van der Waals surface area contributed by atoms with E-state index in [1.54, 1.807) is 6.07 Å². The molecular weight excluding hydrogens is 251 g/mol. The highest BCUT2D eigenvalue weighted by atomic mass is 19.1. The fraction of sp³-hybridized carbons (Fsp3) is 0.294. The van der Waals surface area contributed by atoms with Gasteiger partial charge in [-0.25, -0.2) is 4.39 Å². The van der Waals surface area contributed by atoms with Crippen LogP contribution in [0.2, 0.25) is 0 Å². The molecule has 106 valence electrons. The van der Waals surface area contributed by atoms with E-state index in [1.165, 1.54) is 6.07 Å². The molecule has 0 heterocycles. The second-order valence-corrected chi connectivity index (χ2v) is 5.18. The van der Waals surface area contributed by atoms with Gasteiger partial charge in [0.2, 0.25) is 0 Å². The monoisotopic (exact) mass is 272 g/mol. The molecule has 2 aromatic rings. The van der Waals surface area contributed by atoms with Crippen LogP contribution in [-0.4, -0.2) is 13.1 Å². The molecule has 1 N–H and O–H groups in total. The summed E-state index contributed by atoms with van der Waals surface area (Å²) in [6.07, 6.45) is 0. The standard InChI is InChI=1S/C17H21FN2/c1-13(2)19-12-14-8-7-11-16(18)17(14)20(3)15-9-5-4-6-10-15/h4-11,13,19H,12H2,1-3H3. The van der Waals surface area contributed by atoms with Crippen LogP contribution in [0.5, 0.6) is 0 Å². The van der Waals surface area contributed by atoms with E-state index >= 15 is 0 Å². The average Bonchev–Trinajstić information content (AvgIpc) is 2.45. The molecule has 0 amide bonds. The maximum atomic E-state index is 14.2. The first-order valence-corrected chi connectivity index (χ1v) is 6.89. The van der Waals surface area contributed by atoms with Crippen LogP contribution in [-0.2, 0) is 6.54 Å². The van der Waals surface area contributed by atoms with Crippen molar-refractivity contribution in [2.75, 3.05) is 11.9 Å². The smallest absolute Gasteiger partial charge is 0.147 e. The van der Waals surface area contributed by atoms with Gasteiger partial charge in [0, 0.05) is 25.3 Å². The summed E-state index contributed by atoms with van der Waals surface area (Å²) in [6.45, 7) is 4.82. The molecule has 0 fully saturated rings. The SMILES string of the molecule is CC(C)NCc1cccc(F)c1N(C)c1ccccc1. The van der Waals surface area contributed by atoms with Crippen LogP contribution in [0.3, 0.4) is 0 Å². The van der Waals surface area contributed by atoms with Gasteiger partial charge in [-0.15, -0.1) is 0 Å². The third-order valence-corrected chi connectivity index (χ3v) is 3.25. The Morgan fingerprint density at radius 3 is 2.40 bits per heavy atom. The lowest BCUT2D eigenvalue weighted by Crippen LogP contribution is -2.24. The Kier molecular flexibility index (Phi) is 4.74. The lowest BCUT2D eigenvalue weighted by molar-refractivity contribution is 0.582. The molecule has 20 heavy (non-hydrogen) atoms. The fourth-order valence-electron chi connectivity index (χ4n) is 2.17. The Hall–Kier alpha value is -1.87. The first-order valence-electron chi connectivity index (χ1n) is 6.89. The number of nitrogens with one attached hydrogen (secondary N) is 1. The first-order chi connectivity index (χ1) is 9.59. The molecule has 2 aromatic carbocycles. The molecule has 0 spiro atoms. The summed E-state index contributed by atoms with van der Waals surface area (Å²) >= 11 is 0. The lowest BCUT2D eigenvalue weighted by Gasteiger charge is -2.24. The van der Waals surface area contributed by atoms with Crippen LogP contribution >= 0.6 is 0 Å². The number of nitrogens with zero attached hydrogens (tertiary/aromatic N) is 1. The van der Waals surface area contributed by atoms with Crippen LogP contribution < -0.4 is 10.2 Å². The molecule has 0 atom stereocenters. The molecule has 2 rings (SSSR count). The van der Waals surface area contributed by atoms with Crippen LogP contribution in [0.25, 0.3) is 0 Å². The molecule has 0 unspecified atom stereocenters. The van der Waals surface area contributed by atoms with Gasteiger partial charge in [-0.2, -0.15) is 0 Å². The van der Waals surface area contributed by atoms with E-state index in [2.05, 4.69) is 19.2 Å². The summed E-state index contributed by atoms with van der Waals surface area (Å²) in [4.78, 5) is 1.90. The van der Waals surface area contributed by atoms with Gasteiger partial charge in [-0.3, -0.25) is 0 Å². The quantitative estimate of drug-likeness (QED) is 0.882. The van der Waals surface area contributed by atoms with Gasteiger partial charge in [-0.05, 0) is 23.8 Å². The summed E-state index contributed by atoms with van der Waals surface area (Å²) in [5.41, 5.74) is 2.57. The number of hydrogen-bond donors (Lipinski definition) is 1. The van der Waals surface area contributed by atoms with Crippen LogP contribution in [0.4, 0.5) is 15.8 Å². The topological polar surface area (TPSA) is 15.3 Å². The van der Waals surface area contributed by atoms with E-state index in [4.69, 9.17) is 0 Å². The van der Waals surface area contributed by atoms with Gasteiger partial charge in [0.25, 0.3) is 0 Å². The molecule has 0 radical (unpaired) electrons. The summed E-state index contributed by atoms with van der Waals surface area (Å²) in [6, 6.07) is 15.4. The van der Waals surface area contributed by atoms with Gasteiger partial charge in [0.1, 0.15) is 5.82 Å². The Morgan fingerprint density at radius 2 is 1.75 bits per heavy atom. The summed E-state index contributed by atoms with van der Waals surface area (Å²) in [5, 5.41) is 3.34. The highest BCUT2D eigenvalue weighted by Crippen LogP contribution is 2.29. The highest BCUT2D eigenvalue weighted by molar-refractivity contribution is 5.66. The lowest BCUT2D eigenvalue weighted by atomic mass is 10.1. The summed E-state index contributed by atoms with van der Waals surface area (Å²) < 4.78 is 14.2. The second-order valence-electron chi connectivity index (χ2n) is 5.18. The molecule has 0 saturated carbocycles. The largest absolute Gasteiger partial charge is 0.342 e. The third kappa shape index (κ3) is 3.36. The zero-order chi connectivity index (χ0) is 14.5. The number of benzene rings is 2. The van der Waals surface area contributed by atoms with E-state index in [9.17, 15) is 4.39 Å². The molecule has 0 aliphatic carbocycles. The number of hydrogen-bond acceptors (Lipinski definition) is 2. The van der Waals surface area contributed by atoms with Crippen molar-refractivity contribution in [3.05, 3.63) is 59.9 Å². The van der Waals surface area contributed by atoms with Gasteiger partial charge in [-0.1, -0.05) is 44.2 Å². The molecule has 0 bridgehead atoms. The number of anilines is 2. The second kappa shape index (κ2) is 6.53. The van der Waals surface area contributed by atoms with Crippen molar-refractivity contribution in [2.24, 2.45) is 0 Å². The normalized spacial score (nSPS) is 10.8. The van der Waals surface area contributed by atoms with E-state index in [1.807, 2.05) is 48.3 Å². The minimum atomic E-state index is -0.195. The predicted octanol–water partition coefficient (Wildman–Crippen LogP) is 4.09. The van der Waals surface area contributed by atoms with Gasteiger partial charge >= 0.3 is 0 Å². The number of para-hydroxylation sites is 2. The van der Waals surface area contributed by atoms with Crippen molar-refractivity contribution in [3.63, 3.8) is 0 Å². The van der Waals surface area contributed by atoms with E-state index in [0.717, 1.165) is 11.3 Å². The van der Waals surface area contributed by atoms with Gasteiger partial charge < -0.3 is 10.2 Å². The zero-order valence-electron chi connectivity index (χ0n) is 12.2. The van der Waals surface area contributed by atoms with E-state index in [0.29, 0.717) is 18.3 Å². The number of halogens is 1. The van der Waals surface area contributed by atoms with Crippen LogP contribution in [0.15, 0.2) is 48.5 Å². The molecule has 0 aliphatic rings. The maximum absolute atomic E-state index is 14.2. The fourth-order valence-corrected chi connectivity index (χ4v) is 2.17. The first kappa shape index (κ1) is 14.5. The Labute approximate surface area is 120 Å². The highest BCUT2D eigenvalue weighted by Gasteiger charge is 2.14. The Balaban J connectivity index is 2.34. The van der Waals surface area contributed by atoms with Crippen molar-refractivity contribution >= 4 is 11.4 Å². The molecule has 2 nitrogen and oxygen atoms in total. The molecule has 0 saturated heterocycles. The zero-order valence-corrected chi connectivity index (χ0v) is 12.2. The van der Waals surface area contributed by atoms with Gasteiger partial charge in [0.15, 0.2) is 0 Å². The summed E-state index contributed by atoms with van der Waals surface area (Å²) in [7, 11) is 1.90. The molecule has 3 heteroatoms. The van der Waals surface area contributed by atoms with Crippen LogP contribution in [0, 0.1) is 5.82 Å². The average molecular weight is 272 g/mol. The van der Waals surface area contributed by atoms with E-state index in [-0.39, 0.29) is 5.82 Å². The Morgan fingerprint density at radius 1 is 1.05 bits per heavy atom. The number of rotatable bonds is 5. The summed E-state index contributed by atoms with van der Waals surface area (Å²) in [5.74, 6) is -0.195. The third-order valence-electron chi connectivity index (χ3n) is 3.25. The van der Waals surface area contributed by atoms with Crippen molar-refractivity contribution in [1.82, 2.24) is 5.32 Å². The van der Waals surface area contributed by atoms with Crippen LogP contribution in [0.1, 0.15) is 19.4 Å². The molecule has 0 aromatic heterocycles. The van der Waals surface area contributed by atoms with Crippen molar-refractivity contribution in [3.8, 4) is 0 Å². The minimum absolute atomic E-state index is 0.195. The van der Waals surface area contributed by atoms with E-state index < -0.39 is 0 Å². The minimum Gasteiger partial charge on any atom is -0.342 e. The van der Waals surface area contributed by atoms with Gasteiger partial charge in [0.05, 0.1) is 5.69 Å². The van der Waals surface area contributed by atoms with Crippen molar-refractivity contribution in [2.45, 2.75) is 26.4 Å². The van der Waals surface area contributed by atoms with Crippen molar-refractivity contribution in [1.29, 1.82) is 0 Å². The molecular formula is C17H21FN2. The Bertz CT molecular complexity index is 552. The maximum Gasteiger partial charge on any atom is 0.147 e.